The summed E-state index contributed by atoms with van der Waals surface area (Å²) in [5.74, 6) is 0. The molecule has 1 atom stereocenters. The minimum Gasteiger partial charge on any atom is -0.383 e. The SMILES string of the molecule is CNC(CN(C)C)c1c(Br)cnn1CCOC. The number of likely N-dealkylation sites (N-methyl/N-ethyl adjacent to an activating group) is 2. The first kappa shape index (κ1) is 14.6. The smallest absolute Gasteiger partial charge is 0.0709 e. The van der Waals surface area contributed by atoms with Gasteiger partial charge < -0.3 is 15.0 Å². The molecule has 6 heteroatoms. The maximum atomic E-state index is 5.10. The molecule has 1 heterocycles. The van der Waals surface area contributed by atoms with Crippen LogP contribution >= 0.6 is 15.9 Å². The molecule has 1 unspecified atom stereocenters. The topological polar surface area (TPSA) is 42.3 Å². The molecule has 0 amide bonds. The van der Waals surface area contributed by atoms with Crippen LogP contribution in [0, 0.1) is 0 Å². The summed E-state index contributed by atoms with van der Waals surface area (Å²) in [5.41, 5.74) is 1.17. The summed E-state index contributed by atoms with van der Waals surface area (Å²) in [5, 5.41) is 7.68. The van der Waals surface area contributed by atoms with E-state index in [-0.39, 0.29) is 6.04 Å². The lowest BCUT2D eigenvalue weighted by atomic mass is 10.2. The van der Waals surface area contributed by atoms with E-state index < -0.39 is 0 Å². The number of aromatic nitrogens is 2. The van der Waals surface area contributed by atoms with Crippen LogP contribution in [-0.4, -0.2) is 56.1 Å². The van der Waals surface area contributed by atoms with E-state index in [1.165, 1.54) is 5.69 Å². The van der Waals surface area contributed by atoms with Crippen molar-refractivity contribution in [3.8, 4) is 0 Å². The molecule has 1 N–H and O–H groups in total. The Morgan fingerprint density at radius 3 is 2.82 bits per heavy atom. The molecule has 0 saturated carbocycles. The van der Waals surface area contributed by atoms with Crippen LogP contribution in [0.25, 0.3) is 0 Å². The quantitative estimate of drug-likeness (QED) is 0.819. The molecular formula is C11H21BrN4O. The van der Waals surface area contributed by atoms with E-state index in [2.05, 4.69) is 45.3 Å². The van der Waals surface area contributed by atoms with Crippen LogP contribution in [-0.2, 0) is 11.3 Å². The molecule has 1 aromatic heterocycles. The number of hydrogen-bond donors (Lipinski definition) is 1. The van der Waals surface area contributed by atoms with Crippen molar-refractivity contribution in [2.24, 2.45) is 0 Å². The number of methoxy groups -OCH3 is 1. The molecule has 1 rings (SSSR count). The van der Waals surface area contributed by atoms with Crippen molar-refractivity contribution in [1.29, 1.82) is 0 Å². The highest BCUT2D eigenvalue weighted by atomic mass is 79.9. The molecule has 1 aromatic rings. The standard InChI is InChI=1S/C11H21BrN4O/c1-13-10(8-15(2)3)11-9(12)7-14-16(11)5-6-17-4/h7,10,13H,5-6,8H2,1-4H3. The zero-order chi connectivity index (χ0) is 12.8. The van der Waals surface area contributed by atoms with E-state index in [0.717, 1.165) is 17.6 Å². The Morgan fingerprint density at radius 2 is 2.29 bits per heavy atom. The van der Waals surface area contributed by atoms with Gasteiger partial charge in [-0.3, -0.25) is 4.68 Å². The normalized spacial score (nSPS) is 13.3. The van der Waals surface area contributed by atoms with E-state index in [9.17, 15) is 0 Å². The number of halogens is 1. The molecule has 98 valence electrons. The van der Waals surface area contributed by atoms with Crippen LogP contribution in [0.1, 0.15) is 11.7 Å². The average Bonchev–Trinajstić information content (AvgIpc) is 2.64. The average molecular weight is 305 g/mol. The highest BCUT2D eigenvalue weighted by Gasteiger charge is 2.19. The van der Waals surface area contributed by atoms with E-state index in [0.29, 0.717) is 6.61 Å². The van der Waals surface area contributed by atoms with Crippen LogP contribution in [0.5, 0.6) is 0 Å². The van der Waals surface area contributed by atoms with E-state index >= 15 is 0 Å². The summed E-state index contributed by atoms with van der Waals surface area (Å²) >= 11 is 3.56. The molecule has 0 saturated heterocycles. The Bertz CT molecular complexity index is 340. The number of nitrogens with one attached hydrogen (secondary N) is 1. The highest BCUT2D eigenvalue weighted by Crippen LogP contribution is 2.23. The fraction of sp³-hybridized carbons (Fsp3) is 0.727. The van der Waals surface area contributed by atoms with Gasteiger partial charge in [0.05, 0.1) is 35.6 Å². The molecule has 0 radical (unpaired) electrons. The second-order valence-electron chi connectivity index (χ2n) is 4.20. The summed E-state index contributed by atoms with van der Waals surface area (Å²) in [6, 6.07) is 0.249. The van der Waals surface area contributed by atoms with Crippen molar-refractivity contribution in [1.82, 2.24) is 20.0 Å². The fourth-order valence-electron chi connectivity index (χ4n) is 1.75. The molecule has 0 bridgehead atoms. The van der Waals surface area contributed by atoms with Gasteiger partial charge in [-0.2, -0.15) is 5.10 Å². The zero-order valence-corrected chi connectivity index (χ0v) is 12.5. The summed E-state index contributed by atoms with van der Waals surface area (Å²) in [6.07, 6.45) is 1.84. The van der Waals surface area contributed by atoms with Gasteiger partial charge in [-0.1, -0.05) is 0 Å². The zero-order valence-electron chi connectivity index (χ0n) is 10.9. The largest absolute Gasteiger partial charge is 0.383 e. The van der Waals surface area contributed by atoms with Crippen LogP contribution in [0.15, 0.2) is 10.7 Å². The molecule has 0 fully saturated rings. The Labute approximate surface area is 111 Å². The van der Waals surface area contributed by atoms with Gasteiger partial charge in [0.25, 0.3) is 0 Å². The van der Waals surface area contributed by atoms with Crippen molar-refractivity contribution in [3.63, 3.8) is 0 Å². The van der Waals surface area contributed by atoms with Gasteiger partial charge in [0, 0.05) is 13.7 Å². The van der Waals surface area contributed by atoms with Crippen LogP contribution < -0.4 is 5.32 Å². The van der Waals surface area contributed by atoms with E-state index in [1.54, 1.807) is 7.11 Å². The lowest BCUT2D eigenvalue weighted by Gasteiger charge is -2.22. The Hall–Kier alpha value is -0.430. The first-order valence-corrected chi connectivity index (χ1v) is 6.41. The van der Waals surface area contributed by atoms with Gasteiger partial charge in [0.1, 0.15) is 0 Å². The van der Waals surface area contributed by atoms with Crippen molar-refractivity contribution < 1.29 is 4.74 Å². The van der Waals surface area contributed by atoms with Gasteiger partial charge in [0.15, 0.2) is 0 Å². The number of rotatable bonds is 7. The fourth-order valence-corrected chi connectivity index (χ4v) is 2.33. The van der Waals surface area contributed by atoms with Crippen molar-refractivity contribution in [3.05, 3.63) is 16.4 Å². The van der Waals surface area contributed by atoms with Gasteiger partial charge >= 0.3 is 0 Å². The number of hydrogen-bond acceptors (Lipinski definition) is 4. The summed E-state index contributed by atoms with van der Waals surface area (Å²) in [6.45, 7) is 2.36. The first-order chi connectivity index (χ1) is 8.10. The summed E-state index contributed by atoms with van der Waals surface area (Å²) in [7, 11) is 7.80. The maximum absolute atomic E-state index is 5.10. The van der Waals surface area contributed by atoms with Gasteiger partial charge in [-0.25, -0.2) is 0 Å². The predicted octanol–water partition coefficient (Wildman–Crippen LogP) is 1.11. The molecule has 0 aromatic carbocycles. The lowest BCUT2D eigenvalue weighted by Crippen LogP contribution is -2.31. The van der Waals surface area contributed by atoms with Gasteiger partial charge in [0.2, 0.25) is 0 Å². The third kappa shape index (κ3) is 4.06. The Balaban J connectivity index is 2.88. The van der Waals surface area contributed by atoms with Crippen molar-refractivity contribution in [2.75, 3.05) is 41.4 Å². The monoisotopic (exact) mass is 304 g/mol. The van der Waals surface area contributed by atoms with Crippen LogP contribution in [0.4, 0.5) is 0 Å². The molecule has 0 aliphatic heterocycles. The summed E-state index contributed by atoms with van der Waals surface area (Å²) < 4.78 is 8.12. The summed E-state index contributed by atoms with van der Waals surface area (Å²) in [4.78, 5) is 2.15. The van der Waals surface area contributed by atoms with Gasteiger partial charge in [-0.15, -0.1) is 0 Å². The van der Waals surface area contributed by atoms with E-state index in [1.807, 2.05) is 17.9 Å². The number of nitrogens with zero attached hydrogens (tertiary/aromatic N) is 3. The van der Waals surface area contributed by atoms with E-state index in [4.69, 9.17) is 4.74 Å². The Kier molecular flexibility index (Phi) is 6.11. The van der Waals surface area contributed by atoms with Crippen LogP contribution in [0.3, 0.4) is 0 Å². The molecular weight excluding hydrogens is 284 g/mol. The van der Waals surface area contributed by atoms with Crippen molar-refractivity contribution >= 4 is 15.9 Å². The predicted molar refractivity (Wildman–Crippen MR) is 72.2 cm³/mol. The third-order valence-electron chi connectivity index (χ3n) is 2.57. The lowest BCUT2D eigenvalue weighted by molar-refractivity contribution is 0.181. The minimum absolute atomic E-state index is 0.249. The van der Waals surface area contributed by atoms with Gasteiger partial charge in [-0.05, 0) is 37.1 Å². The second kappa shape index (κ2) is 7.10. The molecule has 0 aliphatic rings. The van der Waals surface area contributed by atoms with Crippen LogP contribution in [0.2, 0.25) is 0 Å². The highest BCUT2D eigenvalue weighted by molar-refractivity contribution is 9.10. The molecule has 0 aliphatic carbocycles. The third-order valence-corrected chi connectivity index (χ3v) is 3.18. The Morgan fingerprint density at radius 1 is 1.59 bits per heavy atom. The second-order valence-corrected chi connectivity index (χ2v) is 5.05. The number of ether oxygens (including phenoxy) is 1. The first-order valence-electron chi connectivity index (χ1n) is 5.62. The molecule has 17 heavy (non-hydrogen) atoms. The minimum atomic E-state index is 0.249. The maximum Gasteiger partial charge on any atom is 0.0709 e. The molecule has 0 spiro atoms. The van der Waals surface area contributed by atoms with Crippen molar-refractivity contribution in [2.45, 2.75) is 12.6 Å². The molecule has 5 nitrogen and oxygen atoms in total.